The van der Waals surface area contributed by atoms with Crippen molar-refractivity contribution >= 4 is 23.9 Å². The molecule has 0 spiro atoms. The fourth-order valence-corrected chi connectivity index (χ4v) is 0.817. The molecule has 0 aromatic heterocycles. The highest BCUT2D eigenvalue weighted by Crippen LogP contribution is 2.19. The Balaban J connectivity index is 4.61. The maximum absolute atomic E-state index is 11.6. The number of esters is 4. The van der Waals surface area contributed by atoms with E-state index in [0.29, 0.717) is 12.2 Å². The normalized spacial score (nSPS) is 11.6. The van der Waals surface area contributed by atoms with Gasteiger partial charge in [0.25, 0.3) is 0 Å². The standard InChI is InChI=1S/C16H20O6/c1-7-15(3,4)13(19)21-11(17)9-10-12(18)22-14(20)16(5,6)8-2/h7-10H,1-2H2,3-6H3. The van der Waals surface area contributed by atoms with Gasteiger partial charge in [0.15, 0.2) is 0 Å². The lowest BCUT2D eigenvalue weighted by Crippen LogP contribution is -2.27. The summed E-state index contributed by atoms with van der Waals surface area (Å²) in [5, 5.41) is 0. The first-order chi connectivity index (χ1) is 9.96. The zero-order valence-electron chi connectivity index (χ0n) is 13.2. The van der Waals surface area contributed by atoms with Gasteiger partial charge < -0.3 is 9.47 Å². The molecule has 0 aliphatic carbocycles. The first-order valence-electron chi connectivity index (χ1n) is 6.44. The topological polar surface area (TPSA) is 86.7 Å². The van der Waals surface area contributed by atoms with Crippen molar-refractivity contribution in [3.63, 3.8) is 0 Å². The van der Waals surface area contributed by atoms with Gasteiger partial charge in [-0.2, -0.15) is 0 Å². The molecule has 0 aromatic carbocycles. The number of carbonyl (C=O) groups is 4. The average Bonchev–Trinajstić information content (AvgIpc) is 2.44. The van der Waals surface area contributed by atoms with E-state index in [1.165, 1.54) is 39.8 Å². The molecule has 0 rings (SSSR count). The van der Waals surface area contributed by atoms with Crippen molar-refractivity contribution in [2.24, 2.45) is 10.8 Å². The van der Waals surface area contributed by atoms with E-state index in [2.05, 4.69) is 22.6 Å². The summed E-state index contributed by atoms with van der Waals surface area (Å²) in [7, 11) is 0. The minimum atomic E-state index is -1.05. The van der Waals surface area contributed by atoms with Crippen LogP contribution in [-0.4, -0.2) is 23.9 Å². The lowest BCUT2D eigenvalue weighted by atomic mass is 9.94. The van der Waals surface area contributed by atoms with Gasteiger partial charge in [-0.05, 0) is 27.7 Å². The van der Waals surface area contributed by atoms with Gasteiger partial charge in [0.1, 0.15) is 0 Å². The third-order valence-corrected chi connectivity index (χ3v) is 2.81. The van der Waals surface area contributed by atoms with Crippen molar-refractivity contribution in [1.82, 2.24) is 0 Å². The Morgan fingerprint density at radius 1 is 0.727 bits per heavy atom. The quantitative estimate of drug-likeness (QED) is 0.323. The molecule has 0 bridgehead atoms. The lowest BCUT2D eigenvalue weighted by molar-refractivity contribution is -0.163. The molecular weight excluding hydrogens is 288 g/mol. The minimum Gasteiger partial charge on any atom is -0.389 e. The van der Waals surface area contributed by atoms with Crippen LogP contribution < -0.4 is 0 Å². The molecular formula is C16H20O6. The molecule has 6 heteroatoms. The lowest BCUT2D eigenvalue weighted by Gasteiger charge is -2.16. The van der Waals surface area contributed by atoms with Crippen LogP contribution in [0.1, 0.15) is 27.7 Å². The van der Waals surface area contributed by atoms with Gasteiger partial charge in [-0.3, -0.25) is 9.59 Å². The molecule has 0 unspecified atom stereocenters. The summed E-state index contributed by atoms with van der Waals surface area (Å²) < 4.78 is 9.01. The van der Waals surface area contributed by atoms with Crippen LogP contribution in [0.25, 0.3) is 0 Å². The van der Waals surface area contributed by atoms with Crippen molar-refractivity contribution in [3.05, 3.63) is 37.5 Å². The van der Waals surface area contributed by atoms with Crippen LogP contribution in [0.15, 0.2) is 37.5 Å². The number of hydrogen-bond donors (Lipinski definition) is 0. The van der Waals surface area contributed by atoms with E-state index >= 15 is 0 Å². The second-order valence-electron chi connectivity index (χ2n) is 5.60. The second kappa shape index (κ2) is 7.49. The largest absolute Gasteiger partial charge is 0.389 e. The van der Waals surface area contributed by atoms with E-state index in [0.717, 1.165) is 0 Å². The van der Waals surface area contributed by atoms with Gasteiger partial charge in [0.2, 0.25) is 0 Å². The molecule has 0 aliphatic rings. The predicted octanol–water partition coefficient (Wildman–Crippen LogP) is 2.11. The molecule has 0 amide bonds. The third kappa shape index (κ3) is 5.87. The summed E-state index contributed by atoms with van der Waals surface area (Å²) in [6.45, 7) is 13.0. The molecule has 0 atom stereocenters. The van der Waals surface area contributed by atoms with Gasteiger partial charge >= 0.3 is 23.9 Å². The van der Waals surface area contributed by atoms with Crippen LogP contribution in [0.5, 0.6) is 0 Å². The SMILES string of the molecule is C=CC(C)(C)C(=O)OC(=O)C=CC(=O)OC(=O)C(C)(C)C=C. The van der Waals surface area contributed by atoms with Gasteiger partial charge in [0, 0.05) is 12.2 Å². The molecule has 0 fully saturated rings. The summed E-state index contributed by atoms with van der Waals surface area (Å²) >= 11 is 0. The zero-order chi connectivity index (χ0) is 17.6. The summed E-state index contributed by atoms with van der Waals surface area (Å²) in [6, 6.07) is 0. The second-order valence-corrected chi connectivity index (χ2v) is 5.60. The molecule has 0 heterocycles. The predicted molar refractivity (Wildman–Crippen MR) is 79.3 cm³/mol. The van der Waals surface area contributed by atoms with Gasteiger partial charge in [-0.25, -0.2) is 9.59 Å². The maximum Gasteiger partial charge on any atom is 0.338 e. The fraction of sp³-hybridized carbons (Fsp3) is 0.375. The van der Waals surface area contributed by atoms with Gasteiger partial charge in [-0.1, -0.05) is 12.2 Å². The van der Waals surface area contributed by atoms with Crippen LogP contribution in [0.3, 0.4) is 0 Å². The Hall–Kier alpha value is -2.50. The molecule has 6 nitrogen and oxygen atoms in total. The first-order valence-corrected chi connectivity index (χ1v) is 6.44. The van der Waals surface area contributed by atoms with Crippen molar-refractivity contribution in [2.45, 2.75) is 27.7 Å². The molecule has 0 aromatic rings. The summed E-state index contributed by atoms with van der Waals surface area (Å²) in [6.07, 6.45) is 4.06. The number of carbonyl (C=O) groups excluding carboxylic acids is 4. The summed E-state index contributed by atoms with van der Waals surface area (Å²) in [5.41, 5.74) is -2.07. The van der Waals surface area contributed by atoms with E-state index in [9.17, 15) is 19.2 Å². The van der Waals surface area contributed by atoms with E-state index in [1.807, 2.05) is 0 Å². The molecule has 22 heavy (non-hydrogen) atoms. The van der Waals surface area contributed by atoms with Crippen LogP contribution in [0.4, 0.5) is 0 Å². The highest BCUT2D eigenvalue weighted by atomic mass is 16.6. The van der Waals surface area contributed by atoms with Crippen LogP contribution in [0.2, 0.25) is 0 Å². The van der Waals surface area contributed by atoms with Crippen molar-refractivity contribution in [3.8, 4) is 0 Å². The third-order valence-electron chi connectivity index (χ3n) is 2.81. The van der Waals surface area contributed by atoms with E-state index in [4.69, 9.17) is 0 Å². The molecule has 0 saturated carbocycles. The first kappa shape index (κ1) is 19.5. The van der Waals surface area contributed by atoms with Crippen molar-refractivity contribution < 1.29 is 28.7 Å². The Labute approximate surface area is 129 Å². The highest BCUT2D eigenvalue weighted by molar-refractivity contribution is 6.00. The molecule has 0 radical (unpaired) electrons. The average molecular weight is 308 g/mol. The van der Waals surface area contributed by atoms with Crippen LogP contribution in [-0.2, 0) is 28.7 Å². The summed E-state index contributed by atoms with van der Waals surface area (Å²) in [5.74, 6) is -3.72. The molecule has 0 saturated heterocycles. The summed E-state index contributed by atoms with van der Waals surface area (Å²) in [4.78, 5) is 45.9. The number of hydrogen-bond acceptors (Lipinski definition) is 6. The molecule has 0 N–H and O–H groups in total. The minimum absolute atomic E-state index is 0.702. The highest BCUT2D eigenvalue weighted by Gasteiger charge is 2.28. The van der Waals surface area contributed by atoms with Gasteiger partial charge in [-0.15, -0.1) is 13.2 Å². The maximum atomic E-state index is 11.6. The zero-order valence-corrected chi connectivity index (χ0v) is 13.2. The van der Waals surface area contributed by atoms with E-state index < -0.39 is 34.7 Å². The van der Waals surface area contributed by atoms with Crippen LogP contribution in [0, 0.1) is 10.8 Å². The van der Waals surface area contributed by atoms with E-state index in [-0.39, 0.29) is 0 Å². The Bertz CT molecular complexity index is 489. The Kier molecular flexibility index (Phi) is 6.64. The van der Waals surface area contributed by atoms with Gasteiger partial charge in [0.05, 0.1) is 10.8 Å². The monoisotopic (exact) mass is 308 g/mol. The van der Waals surface area contributed by atoms with E-state index in [1.54, 1.807) is 0 Å². The fourth-order valence-electron chi connectivity index (χ4n) is 0.817. The van der Waals surface area contributed by atoms with Crippen molar-refractivity contribution in [2.75, 3.05) is 0 Å². The Morgan fingerprint density at radius 3 is 1.23 bits per heavy atom. The smallest absolute Gasteiger partial charge is 0.338 e. The Morgan fingerprint density at radius 2 is 1.00 bits per heavy atom. The number of rotatable bonds is 6. The number of ether oxygens (including phenoxy) is 2. The van der Waals surface area contributed by atoms with Crippen LogP contribution >= 0.6 is 0 Å². The van der Waals surface area contributed by atoms with Crippen molar-refractivity contribution in [1.29, 1.82) is 0 Å². The molecule has 0 aliphatic heterocycles. The molecule has 120 valence electrons.